The minimum absolute atomic E-state index is 0.0146. The van der Waals surface area contributed by atoms with Gasteiger partial charge in [-0.15, -0.1) is 0 Å². The highest BCUT2D eigenvalue weighted by atomic mass is 35.7. The second kappa shape index (κ2) is 5.93. The second-order valence-electron chi connectivity index (χ2n) is 5.58. The molecule has 0 N–H and O–H groups in total. The molecule has 1 aliphatic carbocycles. The molecule has 4 nitrogen and oxygen atoms in total. The molecule has 7 heteroatoms. The summed E-state index contributed by atoms with van der Waals surface area (Å²) in [4.78, 5) is 13.5. The minimum atomic E-state index is -4.22. The topological polar surface area (TPSA) is 54.5 Å². The zero-order valence-electron chi connectivity index (χ0n) is 11.8. The Hall–Kier alpha value is -1.14. The molecular weight excluding hydrogens is 317 g/mol. The lowest BCUT2D eigenvalue weighted by atomic mass is 10.1. The van der Waals surface area contributed by atoms with E-state index in [0.717, 1.165) is 25.0 Å². The van der Waals surface area contributed by atoms with Crippen molar-refractivity contribution in [3.05, 3.63) is 29.6 Å². The van der Waals surface area contributed by atoms with Gasteiger partial charge in [0.1, 0.15) is 10.7 Å². The molecule has 1 saturated carbocycles. The fraction of sp³-hybridized carbons (Fsp3) is 0.500. The number of hydrogen-bond donors (Lipinski definition) is 0. The Morgan fingerprint density at radius 2 is 2.05 bits per heavy atom. The second-order valence-corrected chi connectivity index (χ2v) is 8.11. The maximum absolute atomic E-state index is 13.5. The molecule has 0 radical (unpaired) electrons. The molecule has 0 aliphatic heterocycles. The summed E-state index contributed by atoms with van der Waals surface area (Å²) >= 11 is 0. The van der Waals surface area contributed by atoms with Crippen LogP contribution in [-0.4, -0.2) is 31.8 Å². The Labute approximate surface area is 128 Å². The lowest BCUT2D eigenvalue weighted by Crippen LogP contribution is -2.38. The predicted molar refractivity (Wildman–Crippen MR) is 78.3 cm³/mol. The van der Waals surface area contributed by atoms with Gasteiger partial charge in [0.05, 0.1) is 0 Å². The number of nitrogens with zero attached hydrogens (tertiary/aromatic N) is 1. The summed E-state index contributed by atoms with van der Waals surface area (Å²) < 4.78 is 36.2. The van der Waals surface area contributed by atoms with Crippen LogP contribution in [0, 0.1) is 11.7 Å². The first-order chi connectivity index (χ1) is 9.70. The Morgan fingerprint density at radius 1 is 1.43 bits per heavy atom. The van der Waals surface area contributed by atoms with Gasteiger partial charge in [-0.1, -0.05) is 0 Å². The number of carbonyl (C=O) groups excluding carboxylic acids is 1. The monoisotopic (exact) mass is 333 g/mol. The smallest absolute Gasteiger partial charge is 0.264 e. The highest BCUT2D eigenvalue weighted by molar-refractivity contribution is 8.13. The zero-order chi connectivity index (χ0) is 15.8. The summed E-state index contributed by atoms with van der Waals surface area (Å²) in [6, 6.07) is 3.23. The molecule has 1 aromatic rings. The van der Waals surface area contributed by atoms with E-state index in [1.165, 1.54) is 6.07 Å². The molecule has 0 bridgehead atoms. The van der Waals surface area contributed by atoms with Gasteiger partial charge in [0.2, 0.25) is 0 Å². The van der Waals surface area contributed by atoms with Crippen molar-refractivity contribution in [2.24, 2.45) is 5.92 Å². The summed E-state index contributed by atoms with van der Waals surface area (Å²) in [5.74, 6) is -0.758. The largest absolute Gasteiger partial charge is 0.336 e. The van der Waals surface area contributed by atoms with Crippen LogP contribution < -0.4 is 0 Å². The normalized spacial score (nSPS) is 15.3. The van der Waals surface area contributed by atoms with Crippen LogP contribution in [-0.2, 0) is 9.05 Å². The molecule has 2 rings (SSSR count). The molecule has 116 valence electrons. The molecule has 0 aromatic heterocycles. The quantitative estimate of drug-likeness (QED) is 0.778. The van der Waals surface area contributed by atoms with Gasteiger partial charge in [0.15, 0.2) is 0 Å². The van der Waals surface area contributed by atoms with E-state index in [4.69, 9.17) is 10.7 Å². The van der Waals surface area contributed by atoms with Crippen molar-refractivity contribution in [3.8, 4) is 0 Å². The van der Waals surface area contributed by atoms with Gasteiger partial charge in [-0.05, 0) is 50.8 Å². The van der Waals surface area contributed by atoms with Crippen LogP contribution in [0.5, 0.6) is 0 Å². The first-order valence-electron chi connectivity index (χ1n) is 6.75. The summed E-state index contributed by atoms with van der Waals surface area (Å²) in [5, 5.41) is 0. The molecular formula is C14H17ClFNO3S. The molecule has 0 saturated heterocycles. The van der Waals surface area contributed by atoms with Crippen molar-refractivity contribution >= 4 is 25.6 Å². The number of hydrogen-bond acceptors (Lipinski definition) is 3. The van der Waals surface area contributed by atoms with E-state index in [0.29, 0.717) is 12.5 Å². The number of amides is 1. The van der Waals surface area contributed by atoms with Crippen LogP contribution in [0.1, 0.15) is 37.0 Å². The van der Waals surface area contributed by atoms with Crippen molar-refractivity contribution < 1.29 is 17.6 Å². The summed E-state index contributed by atoms with van der Waals surface area (Å²) in [6.45, 7) is 4.42. The zero-order valence-corrected chi connectivity index (χ0v) is 13.4. The standard InChI is InChI=1S/C14H17ClFNO3S/c1-9(2)17(8-10-3-4-10)14(18)11-5-6-12(16)13(7-11)21(15,19)20/h5-7,9-10H,3-4,8H2,1-2H3. The average Bonchev–Trinajstić information content (AvgIpc) is 3.18. The number of halogens is 2. The van der Waals surface area contributed by atoms with Gasteiger partial charge in [-0.25, -0.2) is 12.8 Å². The molecule has 1 fully saturated rings. The highest BCUT2D eigenvalue weighted by Gasteiger charge is 2.29. The maximum Gasteiger partial charge on any atom is 0.264 e. The van der Waals surface area contributed by atoms with Crippen LogP contribution >= 0.6 is 10.7 Å². The molecule has 1 aromatic carbocycles. The summed E-state index contributed by atoms with van der Waals surface area (Å²) in [5.41, 5.74) is 0.130. The molecule has 0 spiro atoms. The van der Waals surface area contributed by atoms with Crippen molar-refractivity contribution in [1.82, 2.24) is 4.90 Å². The third kappa shape index (κ3) is 3.95. The van der Waals surface area contributed by atoms with Gasteiger partial charge in [0, 0.05) is 28.8 Å². The lowest BCUT2D eigenvalue weighted by molar-refractivity contribution is 0.0696. The third-order valence-electron chi connectivity index (χ3n) is 3.48. The van der Waals surface area contributed by atoms with Crippen molar-refractivity contribution in [3.63, 3.8) is 0 Å². The SMILES string of the molecule is CC(C)N(CC1CC1)C(=O)c1ccc(F)c(S(=O)(=O)Cl)c1. The number of benzene rings is 1. The minimum Gasteiger partial charge on any atom is -0.336 e. The maximum atomic E-state index is 13.5. The van der Waals surface area contributed by atoms with E-state index in [9.17, 15) is 17.6 Å². The van der Waals surface area contributed by atoms with Crippen molar-refractivity contribution in [1.29, 1.82) is 0 Å². The highest BCUT2D eigenvalue weighted by Crippen LogP contribution is 2.31. The van der Waals surface area contributed by atoms with E-state index in [1.807, 2.05) is 13.8 Å². The van der Waals surface area contributed by atoms with Crippen LogP contribution in [0.3, 0.4) is 0 Å². The molecule has 0 unspecified atom stereocenters. The Kier molecular flexibility index (Phi) is 4.58. The van der Waals surface area contributed by atoms with E-state index < -0.39 is 19.8 Å². The van der Waals surface area contributed by atoms with E-state index >= 15 is 0 Å². The summed E-state index contributed by atoms with van der Waals surface area (Å²) in [6.07, 6.45) is 2.20. The van der Waals surface area contributed by atoms with Gasteiger partial charge in [0.25, 0.3) is 15.0 Å². The first kappa shape index (κ1) is 16.2. The lowest BCUT2D eigenvalue weighted by Gasteiger charge is -2.27. The Morgan fingerprint density at radius 3 is 2.52 bits per heavy atom. The first-order valence-corrected chi connectivity index (χ1v) is 9.06. The van der Waals surface area contributed by atoms with Gasteiger partial charge < -0.3 is 4.90 Å². The third-order valence-corrected chi connectivity index (χ3v) is 4.81. The summed E-state index contributed by atoms with van der Waals surface area (Å²) in [7, 11) is 0.965. The van der Waals surface area contributed by atoms with Crippen LogP contribution in [0.2, 0.25) is 0 Å². The molecule has 1 amide bonds. The molecule has 0 atom stereocenters. The van der Waals surface area contributed by atoms with E-state index in [2.05, 4.69) is 0 Å². The Balaban J connectivity index is 2.33. The molecule has 1 aliphatic rings. The van der Waals surface area contributed by atoms with E-state index in [-0.39, 0.29) is 17.5 Å². The number of carbonyl (C=O) groups is 1. The van der Waals surface area contributed by atoms with Crippen molar-refractivity contribution in [2.75, 3.05) is 6.54 Å². The Bertz CT molecular complexity index is 656. The van der Waals surface area contributed by atoms with Gasteiger partial charge in [-0.2, -0.15) is 0 Å². The number of rotatable bonds is 5. The fourth-order valence-electron chi connectivity index (χ4n) is 2.10. The van der Waals surface area contributed by atoms with Gasteiger partial charge in [-0.3, -0.25) is 4.79 Å². The van der Waals surface area contributed by atoms with Crippen LogP contribution in [0.25, 0.3) is 0 Å². The average molecular weight is 334 g/mol. The van der Waals surface area contributed by atoms with Crippen molar-refractivity contribution in [2.45, 2.75) is 37.6 Å². The predicted octanol–water partition coefficient (Wildman–Crippen LogP) is 3.01. The van der Waals surface area contributed by atoms with Crippen LogP contribution in [0.15, 0.2) is 23.1 Å². The molecule has 21 heavy (non-hydrogen) atoms. The molecule has 0 heterocycles. The van der Waals surface area contributed by atoms with Crippen LogP contribution in [0.4, 0.5) is 4.39 Å². The van der Waals surface area contributed by atoms with E-state index in [1.54, 1.807) is 4.90 Å². The fourth-order valence-corrected chi connectivity index (χ4v) is 3.02. The van der Waals surface area contributed by atoms with Gasteiger partial charge >= 0.3 is 0 Å².